The van der Waals surface area contributed by atoms with Crippen LogP contribution in [0.1, 0.15) is 35.7 Å². The molecule has 130 valence electrons. The van der Waals surface area contributed by atoms with Gasteiger partial charge in [0.05, 0.1) is 5.75 Å². The molecule has 5 nitrogen and oxygen atoms in total. The number of halogens is 1. The third kappa shape index (κ3) is 6.49. The average Bonchev–Trinajstić information content (AvgIpc) is 2.45. The highest BCUT2D eigenvalue weighted by Gasteiger charge is 2.27. The van der Waals surface area contributed by atoms with Crippen molar-refractivity contribution < 1.29 is 13.2 Å². The number of amides is 1. The fraction of sp³-hybridized carbons (Fsp3) is 0.562. The van der Waals surface area contributed by atoms with E-state index in [0.717, 1.165) is 25.9 Å². The van der Waals surface area contributed by atoms with Gasteiger partial charge in [-0.2, -0.15) is 0 Å². The van der Waals surface area contributed by atoms with E-state index in [1.54, 1.807) is 24.3 Å². The van der Waals surface area contributed by atoms with Crippen LogP contribution in [0.15, 0.2) is 24.3 Å². The van der Waals surface area contributed by atoms with Gasteiger partial charge in [0.25, 0.3) is 5.91 Å². The lowest BCUT2D eigenvalue weighted by molar-refractivity contribution is 0.0922. The summed E-state index contributed by atoms with van der Waals surface area (Å²) in [6, 6.07) is 6.76. The van der Waals surface area contributed by atoms with Gasteiger partial charge >= 0.3 is 0 Å². The monoisotopic (exact) mass is 360 g/mol. The van der Waals surface area contributed by atoms with Gasteiger partial charge < -0.3 is 10.6 Å². The second-order valence-electron chi connectivity index (χ2n) is 6.51. The van der Waals surface area contributed by atoms with E-state index in [1.165, 1.54) is 6.26 Å². The number of piperidine rings is 1. The van der Waals surface area contributed by atoms with Crippen LogP contribution in [-0.2, 0) is 15.6 Å². The molecule has 0 spiro atoms. The van der Waals surface area contributed by atoms with Crippen LogP contribution in [0.2, 0.25) is 0 Å². The van der Waals surface area contributed by atoms with E-state index in [0.29, 0.717) is 17.7 Å². The number of carbonyl (C=O) groups is 1. The molecule has 1 fully saturated rings. The van der Waals surface area contributed by atoms with Gasteiger partial charge in [-0.05, 0) is 49.0 Å². The molecule has 0 atom stereocenters. The number of nitrogens with one attached hydrogen (secondary N) is 2. The van der Waals surface area contributed by atoms with Gasteiger partial charge in [-0.1, -0.05) is 19.1 Å². The zero-order valence-corrected chi connectivity index (χ0v) is 15.2. The Morgan fingerprint density at radius 2 is 1.78 bits per heavy atom. The maximum Gasteiger partial charge on any atom is 0.251 e. The van der Waals surface area contributed by atoms with E-state index in [4.69, 9.17) is 0 Å². The molecule has 0 saturated carbocycles. The van der Waals surface area contributed by atoms with Crippen LogP contribution in [0, 0.1) is 5.41 Å². The van der Waals surface area contributed by atoms with Crippen LogP contribution in [0.3, 0.4) is 0 Å². The Kier molecular flexibility index (Phi) is 7.04. The molecule has 2 rings (SSSR count). The van der Waals surface area contributed by atoms with Crippen molar-refractivity contribution in [2.75, 3.05) is 25.9 Å². The third-order valence-electron chi connectivity index (χ3n) is 4.13. The van der Waals surface area contributed by atoms with E-state index in [1.807, 2.05) is 0 Å². The summed E-state index contributed by atoms with van der Waals surface area (Å²) in [5.41, 5.74) is 1.41. The molecule has 0 radical (unpaired) electrons. The lowest BCUT2D eigenvalue weighted by Crippen LogP contribution is -2.42. The molecule has 23 heavy (non-hydrogen) atoms. The first kappa shape index (κ1) is 19.9. The van der Waals surface area contributed by atoms with Crippen molar-refractivity contribution in [2.45, 2.75) is 25.5 Å². The standard InChI is InChI=1S/C16H24N2O3S.ClH/c1-16(7-9-17-10-8-16)12-18-15(19)14-5-3-13(4-6-14)11-22(2,20)21;/h3-6,17H,7-12H2,1-2H3,(H,18,19);1H. The lowest BCUT2D eigenvalue weighted by atomic mass is 9.81. The Balaban J connectivity index is 0.00000264. The summed E-state index contributed by atoms with van der Waals surface area (Å²) >= 11 is 0. The molecule has 1 aromatic carbocycles. The SMILES string of the molecule is CC1(CNC(=O)c2ccc(CS(C)(=O)=O)cc2)CCNCC1.Cl. The zero-order valence-electron chi connectivity index (χ0n) is 13.6. The minimum Gasteiger partial charge on any atom is -0.351 e. The van der Waals surface area contributed by atoms with Crippen LogP contribution < -0.4 is 10.6 Å². The lowest BCUT2D eigenvalue weighted by Gasteiger charge is -2.34. The fourth-order valence-corrected chi connectivity index (χ4v) is 3.46. The van der Waals surface area contributed by atoms with Crippen LogP contribution >= 0.6 is 12.4 Å². The molecule has 7 heteroatoms. The number of sulfone groups is 1. The van der Waals surface area contributed by atoms with E-state index >= 15 is 0 Å². The molecule has 1 aliphatic heterocycles. The molecule has 0 aromatic heterocycles. The van der Waals surface area contributed by atoms with E-state index in [-0.39, 0.29) is 29.5 Å². The third-order valence-corrected chi connectivity index (χ3v) is 4.99. The second kappa shape index (κ2) is 8.13. The largest absolute Gasteiger partial charge is 0.351 e. The molecule has 1 heterocycles. The van der Waals surface area contributed by atoms with Gasteiger partial charge in [-0.25, -0.2) is 8.42 Å². The first-order valence-electron chi connectivity index (χ1n) is 7.53. The minimum atomic E-state index is -3.05. The van der Waals surface area contributed by atoms with E-state index < -0.39 is 9.84 Å². The van der Waals surface area contributed by atoms with Crippen molar-refractivity contribution in [3.63, 3.8) is 0 Å². The molecule has 0 unspecified atom stereocenters. The summed E-state index contributed by atoms with van der Waals surface area (Å²) in [4.78, 5) is 12.2. The Hall–Kier alpha value is -1.11. The van der Waals surface area contributed by atoms with Gasteiger partial charge in [0.1, 0.15) is 0 Å². The number of hydrogen-bond donors (Lipinski definition) is 2. The summed E-state index contributed by atoms with van der Waals surface area (Å²) in [5, 5.41) is 6.31. The van der Waals surface area contributed by atoms with Crippen molar-refractivity contribution in [3.8, 4) is 0 Å². The smallest absolute Gasteiger partial charge is 0.251 e. The van der Waals surface area contributed by atoms with Crippen molar-refractivity contribution in [1.82, 2.24) is 10.6 Å². The molecular weight excluding hydrogens is 336 g/mol. The molecular formula is C16H25ClN2O3S. The van der Waals surface area contributed by atoms with E-state index in [2.05, 4.69) is 17.6 Å². The zero-order chi connectivity index (χ0) is 16.2. The normalized spacial score (nSPS) is 17.1. The number of carbonyl (C=O) groups excluding carboxylic acids is 1. The maximum atomic E-state index is 12.2. The average molecular weight is 361 g/mol. The maximum absolute atomic E-state index is 12.2. The molecule has 1 aliphatic rings. The summed E-state index contributed by atoms with van der Waals surface area (Å²) in [6.45, 7) is 4.85. The number of hydrogen-bond acceptors (Lipinski definition) is 4. The summed E-state index contributed by atoms with van der Waals surface area (Å²) in [6.07, 6.45) is 3.31. The first-order valence-corrected chi connectivity index (χ1v) is 9.59. The van der Waals surface area contributed by atoms with Crippen LogP contribution in [0.25, 0.3) is 0 Å². The van der Waals surface area contributed by atoms with Crippen molar-refractivity contribution in [1.29, 1.82) is 0 Å². The number of benzene rings is 1. The van der Waals surface area contributed by atoms with Crippen molar-refractivity contribution >= 4 is 28.2 Å². The van der Waals surface area contributed by atoms with E-state index in [9.17, 15) is 13.2 Å². The van der Waals surface area contributed by atoms with Gasteiger partial charge in [0.15, 0.2) is 9.84 Å². The number of rotatable bonds is 5. The Bertz CT molecular complexity index is 623. The van der Waals surface area contributed by atoms with Crippen LogP contribution in [-0.4, -0.2) is 40.2 Å². The minimum absolute atomic E-state index is 0. The molecule has 0 bridgehead atoms. The fourth-order valence-electron chi connectivity index (χ4n) is 2.66. The quantitative estimate of drug-likeness (QED) is 0.839. The topological polar surface area (TPSA) is 75.3 Å². The highest BCUT2D eigenvalue weighted by atomic mass is 35.5. The van der Waals surface area contributed by atoms with Gasteiger partial charge in [-0.15, -0.1) is 12.4 Å². The summed E-state index contributed by atoms with van der Waals surface area (Å²) < 4.78 is 22.5. The highest BCUT2D eigenvalue weighted by molar-refractivity contribution is 7.89. The van der Waals surface area contributed by atoms with Gasteiger partial charge in [0, 0.05) is 18.4 Å². The predicted octanol–water partition coefficient (Wildman–Crippen LogP) is 1.77. The van der Waals surface area contributed by atoms with Gasteiger partial charge in [-0.3, -0.25) is 4.79 Å². The molecule has 1 saturated heterocycles. The second-order valence-corrected chi connectivity index (χ2v) is 8.65. The summed E-state index contributed by atoms with van der Waals surface area (Å²) in [5.74, 6) is -0.106. The highest BCUT2D eigenvalue weighted by Crippen LogP contribution is 2.26. The first-order chi connectivity index (χ1) is 10.3. The van der Waals surface area contributed by atoms with Crippen molar-refractivity contribution in [2.24, 2.45) is 5.41 Å². The Morgan fingerprint density at radius 3 is 2.30 bits per heavy atom. The Morgan fingerprint density at radius 1 is 1.22 bits per heavy atom. The molecule has 2 N–H and O–H groups in total. The van der Waals surface area contributed by atoms with Crippen LogP contribution in [0.5, 0.6) is 0 Å². The molecule has 1 amide bonds. The molecule has 1 aromatic rings. The van der Waals surface area contributed by atoms with Gasteiger partial charge in [0.2, 0.25) is 0 Å². The van der Waals surface area contributed by atoms with Crippen LogP contribution in [0.4, 0.5) is 0 Å². The Labute approximate surface area is 144 Å². The molecule has 0 aliphatic carbocycles. The predicted molar refractivity (Wildman–Crippen MR) is 94.8 cm³/mol. The summed E-state index contributed by atoms with van der Waals surface area (Å²) in [7, 11) is -3.05. The van der Waals surface area contributed by atoms with Crippen molar-refractivity contribution in [3.05, 3.63) is 35.4 Å².